The van der Waals surface area contributed by atoms with E-state index in [-0.39, 0.29) is 12.1 Å². The molecule has 1 heterocycles. The number of carbonyl (C=O) groups is 1. The molecule has 1 aliphatic heterocycles. The van der Waals surface area contributed by atoms with Crippen LogP contribution in [0.3, 0.4) is 0 Å². The number of nitrogens with two attached hydrogens (primary N) is 1. The third-order valence-corrected chi connectivity index (χ3v) is 2.37. The Balaban J connectivity index is 2.16. The maximum atomic E-state index is 11.2. The summed E-state index contributed by atoms with van der Waals surface area (Å²) in [5.74, 6) is -0.309. The van der Waals surface area contributed by atoms with Crippen molar-refractivity contribution in [2.24, 2.45) is 0 Å². The van der Waals surface area contributed by atoms with Crippen LogP contribution < -0.4 is 11.1 Å². The predicted molar refractivity (Wildman–Crippen MR) is 62.7 cm³/mol. The molecule has 4 heteroatoms. The van der Waals surface area contributed by atoms with E-state index in [9.17, 15) is 4.79 Å². The molecular weight excluding hydrogens is 204 g/mol. The van der Waals surface area contributed by atoms with Crippen molar-refractivity contribution in [3.05, 3.63) is 36.0 Å². The molecule has 0 amide bonds. The van der Waals surface area contributed by atoms with Crippen molar-refractivity contribution in [2.45, 2.75) is 19.4 Å². The van der Waals surface area contributed by atoms with Gasteiger partial charge in [0.15, 0.2) is 0 Å². The molecule has 0 spiro atoms. The zero-order valence-electron chi connectivity index (χ0n) is 9.07. The lowest BCUT2D eigenvalue weighted by molar-refractivity contribution is -0.143. The summed E-state index contributed by atoms with van der Waals surface area (Å²) in [6.07, 6.45) is 2.05. The van der Waals surface area contributed by atoms with Crippen LogP contribution in [0, 0.1) is 0 Å². The van der Waals surface area contributed by atoms with Gasteiger partial charge in [-0.2, -0.15) is 0 Å². The number of ether oxygens (including phenoxy) is 1. The van der Waals surface area contributed by atoms with E-state index < -0.39 is 0 Å². The lowest BCUT2D eigenvalue weighted by atomic mass is 10.1. The first kappa shape index (κ1) is 10.5. The third kappa shape index (κ3) is 2.34. The van der Waals surface area contributed by atoms with Gasteiger partial charge in [-0.1, -0.05) is 12.1 Å². The van der Waals surface area contributed by atoms with Gasteiger partial charge in [-0.25, -0.2) is 4.79 Å². The van der Waals surface area contributed by atoms with Crippen molar-refractivity contribution in [3.8, 4) is 0 Å². The topological polar surface area (TPSA) is 64.3 Å². The van der Waals surface area contributed by atoms with E-state index in [1.807, 2.05) is 31.2 Å². The molecule has 1 aromatic rings. The van der Waals surface area contributed by atoms with E-state index in [1.165, 1.54) is 6.08 Å². The highest BCUT2D eigenvalue weighted by Gasteiger charge is 2.17. The molecule has 4 nitrogen and oxygen atoms in total. The summed E-state index contributed by atoms with van der Waals surface area (Å²) < 4.78 is 5.00. The molecule has 0 saturated heterocycles. The highest BCUT2D eigenvalue weighted by Crippen LogP contribution is 2.22. The fourth-order valence-corrected chi connectivity index (χ4v) is 1.66. The molecule has 0 aliphatic carbocycles. The Bertz CT molecular complexity index is 440. The summed E-state index contributed by atoms with van der Waals surface area (Å²) in [5.41, 5.74) is 8.11. The second-order valence-corrected chi connectivity index (χ2v) is 3.83. The second kappa shape index (κ2) is 4.26. The van der Waals surface area contributed by atoms with Gasteiger partial charge in [0, 0.05) is 18.2 Å². The quantitative estimate of drug-likeness (QED) is 0.587. The molecular formula is C12H14N2O2. The smallest absolute Gasteiger partial charge is 0.332 e. The molecule has 16 heavy (non-hydrogen) atoms. The standard InChI is InChI=1S/C12H14N2O2/c1-8-6-9(7-12(15)16-8)14-11-5-3-2-4-10(11)13/h2-5,7-8,14H,6,13H2,1H3/t8-/m0/s1. The van der Waals surface area contributed by atoms with E-state index >= 15 is 0 Å². The maximum absolute atomic E-state index is 11.2. The fourth-order valence-electron chi connectivity index (χ4n) is 1.66. The lowest BCUT2D eigenvalue weighted by Gasteiger charge is -2.21. The Morgan fingerprint density at radius 2 is 2.19 bits per heavy atom. The highest BCUT2D eigenvalue weighted by molar-refractivity contribution is 5.85. The maximum Gasteiger partial charge on any atom is 0.332 e. The molecule has 1 aromatic carbocycles. The van der Waals surface area contributed by atoms with Crippen LogP contribution in [0.25, 0.3) is 0 Å². The van der Waals surface area contributed by atoms with Crippen LogP contribution in [0.5, 0.6) is 0 Å². The first-order valence-electron chi connectivity index (χ1n) is 5.18. The zero-order chi connectivity index (χ0) is 11.5. The van der Waals surface area contributed by atoms with E-state index in [0.717, 1.165) is 11.4 Å². The van der Waals surface area contributed by atoms with E-state index in [2.05, 4.69) is 5.32 Å². The van der Waals surface area contributed by atoms with Gasteiger partial charge < -0.3 is 15.8 Å². The van der Waals surface area contributed by atoms with Gasteiger partial charge in [0.1, 0.15) is 6.10 Å². The van der Waals surface area contributed by atoms with Gasteiger partial charge in [-0.15, -0.1) is 0 Å². The summed E-state index contributed by atoms with van der Waals surface area (Å²) in [4.78, 5) is 11.2. The zero-order valence-corrected chi connectivity index (χ0v) is 9.07. The molecule has 0 unspecified atom stereocenters. The Morgan fingerprint density at radius 1 is 1.44 bits per heavy atom. The molecule has 1 aliphatic rings. The number of benzene rings is 1. The van der Waals surface area contributed by atoms with E-state index in [4.69, 9.17) is 10.5 Å². The Hall–Kier alpha value is -1.97. The SMILES string of the molecule is C[C@H]1CC(Nc2ccccc2N)=CC(=O)O1. The minimum Gasteiger partial charge on any atom is -0.459 e. The molecule has 0 bridgehead atoms. The molecule has 1 atom stereocenters. The predicted octanol–water partition coefficient (Wildman–Crippen LogP) is 1.90. The monoisotopic (exact) mass is 218 g/mol. The Morgan fingerprint density at radius 3 is 2.88 bits per heavy atom. The Kier molecular flexibility index (Phi) is 2.81. The van der Waals surface area contributed by atoms with Crippen LogP contribution in [0.2, 0.25) is 0 Å². The summed E-state index contributed by atoms with van der Waals surface area (Å²) in [6, 6.07) is 7.45. The number of cyclic esters (lactones) is 1. The minimum absolute atomic E-state index is 0.0927. The molecule has 0 aromatic heterocycles. The average Bonchev–Trinajstić information content (AvgIpc) is 2.20. The summed E-state index contributed by atoms with van der Waals surface area (Å²) in [5, 5.41) is 3.15. The van der Waals surface area contributed by atoms with Gasteiger partial charge >= 0.3 is 5.97 Å². The van der Waals surface area contributed by atoms with Crippen molar-refractivity contribution >= 4 is 17.3 Å². The Labute approximate surface area is 94.1 Å². The van der Waals surface area contributed by atoms with Crippen molar-refractivity contribution in [3.63, 3.8) is 0 Å². The van der Waals surface area contributed by atoms with Crippen LogP contribution in [-0.2, 0) is 9.53 Å². The van der Waals surface area contributed by atoms with Gasteiger partial charge in [0.25, 0.3) is 0 Å². The molecule has 0 fully saturated rings. The van der Waals surface area contributed by atoms with Gasteiger partial charge in [0.05, 0.1) is 11.4 Å². The number of hydrogen-bond donors (Lipinski definition) is 2. The molecule has 0 radical (unpaired) electrons. The summed E-state index contributed by atoms with van der Waals surface area (Å²) >= 11 is 0. The summed E-state index contributed by atoms with van der Waals surface area (Å²) in [6.45, 7) is 1.86. The third-order valence-electron chi connectivity index (χ3n) is 2.37. The molecule has 3 N–H and O–H groups in total. The number of hydrogen-bond acceptors (Lipinski definition) is 4. The van der Waals surface area contributed by atoms with Crippen molar-refractivity contribution < 1.29 is 9.53 Å². The van der Waals surface area contributed by atoms with Crippen LogP contribution in [0.1, 0.15) is 13.3 Å². The van der Waals surface area contributed by atoms with Gasteiger partial charge in [-0.05, 0) is 19.1 Å². The van der Waals surface area contributed by atoms with Crippen LogP contribution in [0.15, 0.2) is 36.0 Å². The van der Waals surface area contributed by atoms with Crippen LogP contribution in [-0.4, -0.2) is 12.1 Å². The number of anilines is 2. The van der Waals surface area contributed by atoms with Crippen LogP contribution in [0.4, 0.5) is 11.4 Å². The second-order valence-electron chi connectivity index (χ2n) is 3.83. The minimum atomic E-state index is -0.309. The normalized spacial score (nSPS) is 19.9. The van der Waals surface area contributed by atoms with Gasteiger partial charge in [-0.3, -0.25) is 0 Å². The lowest BCUT2D eigenvalue weighted by Crippen LogP contribution is -2.22. The number of nitrogen functional groups attached to an aromatic ring is 1. The van der Waals surface area contributed by atoms with Crippen LogP contribution >= 0.6 is 0 Å². The number of carbonyl (C=O) groups excluding carboxylic acids is 1. The average molecular weight is 218 g/mol. The largest absolute Gasteiger partial charge is 0.459 e. The molecule has 84 valence electrons. The number of para-hydroxylation sites is 2. The van der Waals surface area contributed by atoms with E-state index in [0.29, 0.717) is 12.1 Å². The van der Waals surface area contributed by atoms with Crippen molar-refractivity contribution in [2.75, 3.05) is 11.1 Å². The first-order valence-corrected chi connectivity index (χ1v) is 5.18. The number of rotatable bonds is 2. The summed E-state index contributed by atoms with van der Waals surface area (Å²) in [7, 11) is 0. The number of nitrogens with one attached hydrogen (secondary N) is 1. The molecule has 2 rings (SSSR count). The van der Waals surface area contributed by atoms with E-state index in [1.54, 1.807) is 0 Å². The van der Waals surface area contributed by atoms with Gasteiger partial charge in [0.2, 0.25) is 0 Å². The van der Waals surface area contributed by atoms with Crippen molar-refractivity contribution in [1.82, 2.24) is 0 Å². The van der Waals surface area contributed by atoms with Crippen molar-refractivity contribution in [1.29, 1.82) is 0 Å². The first-order chi connectivity index (χ1) is 7.65. The fraction of sp³-hybridized carbons (Fsp3) is 0.250. The highest BCUT2D eigenvalue weighted by atomic mass is 16.5. The molecule has 0 saturated carbocycles. The number of esters is 1.